The summed E-state index contributed by atoms with van der Waals surface area (Å²) in [5.41, 5.74) is -1.58. The third-order valence-corrected chi connectivity index (χ3v) is 3.43. The van der Waals surface area contributed by atoms with E-state index >= 15 is 0 Å². The van der Waals surface area contributed by atoms with Crippen molar-refractivity contribution in [2.75, 3.05) is 20.2 Å². The average Bonchev–Trinajstić information content (AvgIpc) is 2.31. The van der Waals surface area contributed by atoms with E-state index in [1.807, 2.05) is 0 Å². The van der Waals surface area contributed by atoms with Gasteiger partial charge in [0.2, 0.25) is 0 Å². The molecule has 1 aromatic carbocycles. The molecule has 22 heavy (non-hydrogen) atoms. The van der Waals surface area contributed by atoms with Gasteiger partial charge in [-0.1, -0.05) is 12.1 Å². The first-order valence-electron chi connectivity index (χ1n) is 6.24. The molecule has 1 fully saturated rings. The highest BCUT2D eigenvalue weighted by molar-refractivity contribution is 5.27. The minimum atomic E-state index is -4.77. The number of hydrogen-bond donors (Lipinski definition) is 0. The van der Waals surface area contributed by atoms with E-state index in [1.165, 1.54) is 17.0 Å². The zero-order valence-electron chi connectivity index (χ0n) is 11.5. The van der Waals surface area contributed by atoms with Gasteiger partial charge < -0.3 is 9.47 Å². The summed E-state index contributed by atoms with van der Waals surface area (Å²) in [6.07, 6.45) is -9.23. The van der Waals surface area contributed by atoms with Crippen molar-refractivity contribution in [1.82, 2.24) is 4.90 Å². The summed E-state index contributed by atoms with van der Waals surface area (Å²) in [4.78, 5) is 1.50. The molecule has 124 valence electrons. The fourth-order valence-electron chi connectivity index (χ4n) is 2.27. The number of ether oxygens (including phenoxy) is 2. The molecule has 1 heterocycles. The lowest BCUT2D eigenvalue weighted by molar-refractivity contribution is -0.312. The Balaban J connectivity index is 1.91. The number of halogens is 6. The van der Waals surface area contributed by atoms with E-state index in [4.69, 9.17) is 0 Å². The molecule has 0 bridgehead atoms. The molecule has 1 aliphatic heterocycles. The molecular weight excluding hydrogens is 316 g/mol. The summed E-state index contributed by atoms with van der Waals surface area (Å²) in [5, 5.41) is 0. The monoisotopic (exact) mass is 329 g/mol. The van der Waals surface area contributed by atoms with Crippen molar-refractivity contribution in [2.24, 2.45) is 0 Å². The molecule has 9 heteroatoms. The number of hydrogen-bond acceptors (Lipinski definition) is 3. The molecule has 0 unspecified atom stereocenters. The van der Waals surface area contributed by atoms with Gasteiger partial charge in [-0.25, -0.2) is 0 Å². The van der Waals surface area contributed by atoms with Crippen LogP contribution in [0.25, 0.3) is 0 Å². The molecule has 1 aromatic rings. The first-order chi connectivity index (χ1) is 10.0. The maximum atomic E-state index is 12.8. The Morgan fingerprint density at radius 3 is 2.00 bits per heavy atom. The molecule has 0 aliphatic carbocycles. The second-order valence-corrected chi connectivity index (χ2v) is 5.03. The van der Waals surface area contributed by atoms with Crippen molar-refractivity contribution in [3.05, 3.63) is 29.8 Å². The van der Waals surface area contributed by atoms with Gasteiger partial charge >= 0.3 is 12.5 Å². The van der Waals surface area contributed by atoms with E-state index < -0.39 is 18.1 Å². The van der Waals surface area contributed by atoms with Crippen LogP contribution < -0.4 is 4.74 Å². The predicted octanol–water partition coefficient (Wildman–Crippen LogP) is 3.35. The molecule has 1 saturated heterocycles. The zero-order chi connectivity index (χ0) is 16.6. The van der Waals surface area contributed by atoms with Gasteiger partial charge in [-0.2, -0.15) is 13.2 Å². The molecule has 0 N–H and O–H groups in total. The van der Waals surface area contributed by atoms with Crippen LogP contribution in [0.2, 0.25) is 0 Å². The fourth-order valence-corrected chi connectivity index (χ4v) is 2.27. The van der Waals surface area contributed by atoms with Crippen LogP contribution in [0.5, 0.6) is 5.75 Å². The molecular formula is C13H13F6NO2. The standard InChI is InChI=1S/C13H13F6NO2/c1-21-11(12(14,15)16)7-20(8-11)6-9-2-4-10(5-3-9)22-13(17,18)19/h2-5H,6-8H2,1H3. The lowest BCUT2D eigenvalue weighted by Crippen LogP contribution is -2.69. The van der Waals surface area contributed by atoms with Gasteiger partial charge in [0.1, 0.15) is 5.75 Å². The minimum absolute atomic E-state index is 0.188. The van der Waals surface area contributed by atoms with Crippen molar-refractivity contribution < 1.29 is 35.8 Å². The third-order valence-electron chi connectivity index (χ3n) is 3.43. The van der Waals surface area contributed by atoms with Gasteiger partial charge in [0.15, 0.2) is 5.60 Å². The van der Waals surface area contributed by atoms with Crippen LogP contribution in [0.15, 0.2) is 24.3 Å². The van der Waals surface area contributed by atoms with Crippen LogP contribution in [-0.2, 0) is 11.3 Å². The van der Waals surface area contributed by atoms with Gasteiger partial charge in [-0.15, -0.1) is 13.2 Å². The summed E-state index contributed by atoms with van der Waals surface area (Å²) >= 11 is 0. The smallest absolute Gasteiger partial charge is 0.406 e. The van der Waals surface area contributed by atoms with Crippen LogP contribution in [0.1, 0.15) is 5.56 Å². The lowest BCUT2D eigenvalue weighted by atomic mass is 9.92. The van der Waals surface area contributed by atoms with E-state index in [2.05, 4.69) is 9.47 Å². The van der Waals surface area contributed by atoms with Crippen molar-refractivity contribution in [2.45, 2.75) is 24.7 Å². The van der Waals surface area contributed by atoms with Crippen molar-refractivity contribution in [3.63, 3.8) is 0 Å². The molecule has 0 aromatic heterocycles. The number of nitrogens with zero attached hydrogens (tertiary/aromatic N) is 1. The van der Waals surface area contributed by atoms with Gasteiger partial charge in [0.25, 0.3) is 0 Å². The molecule has 0 radical (unpaired) electrons. The molecule has 0 spiro atoms. The first kappa shape index (κ1) is 16.9. The predicted molar refractivity (Wildman–Crippen MR) is 64.2 cm³/mol. The Kier molecular flexibility index (Phi) is 4.31. The number of benzene rings is 1. The van der Waals surface area contributed by atoms with Gasteiger partial charge in [0, 0.05) is 26.7 Å². The van der Waals surface area contributed by atoms with Gasteiger partial charge in [0.05, 0.1) is 0 Å². The Bertz CT molecular complexity index is 505. The topological polar surface area (TPSA) is 21.7 Å². The van der Waals surface area contributed by atoms with E-state index in [0.717, 1.165) is 19.2 Å². The van der Waals surface area contributed by atoms with Gasteiger partial charge in [-0.3, -0.25) is 4.90 Å². The Labute approximate surface area is 122 Å². The number of rotatable bonds is 4. The third kappa shape index (κ3) is 3.64. The molecule has 0 saturated carbocycles. The SMILES string of the molecule is COC1(C(F)(F)F)CN(Cc2ccc(OC(F)(F)F)cc2)C1. The second-order valence-electron chi connectivity index (χ2n) is 5.03. The zero-order valence-corrected chi connectivity index (χ0v) is 11.5. The molecule has 3 nitrogen and oxygen atoms in total. The highest BCUT2D eigenvalue weighted by Crippen LogP contribution is 2.41. The summed E-state index contributed by atoms with van der Waals surface area (Å²) in [6, 6.07) is 4.99. The maximum Gasteiger partial charge on any atom is 0.573 e. The fraction of sp³-hybridized carbons (Fsp3) is 0.538. The van der Waals surface area contributed by atoms with Crippen molar-refractivity contribution in [3.8, 4) is 5.75 Å². The van der Waals surface area contributed by atoms with E-state index in [9.17, 15) is 26.3 Å². The largest absolute Gasteiger partial charge is 0.573 e. The Morgan fingerprint density at radius 2 is 1.59 bits per heavy atom. The highest BCUT2D eigenvalue weighted by Gasteiger charge is 2.62. The van der Waals surface area contributed by atoms with Gasteiger partial charge in [-0.05, 0) is 17.7 Å². The molecule has 0 atom stereocenters. The van der Waals surface area contributed by atoms with Crippen LogP contribution in [0, 0.1) is 0 Å². The summed E-state index contributed by atoms with van der Waals surface area (Å²) in [6.45, 7) is -0.435. The quantitative estimate of drug-likeness (QED) is 0.791. The highest BCUT2D eigenvalue weighted by atomic mass is 19.4. The summed E-state index contributed by atoms with van der Waals surface area (Å²) in [7, 11) is 1.01. The minimum Gasteiger partial charge on any atom is -0.406 e. The van der Waals surface area contributed by atoms with Crippen LogP contribution in [0.4, 0.5) is 26.3 Å². The van der Waals surface area contributed by atoms with E-state index in [1.54, 1.807) is 0 Å². The van der Waals surface area contributed by atoms with E-state index in [0.29, 0.717) is 5.56 Å². The summed E-state index contributed by atoms with van der Waals surface area (Å²) < 4.78 is 82.7. The number of alkyl halides is 6. The van der Waals surface area contributed by atoms with E-state index in [-0.39, 0.29) is 25.4 Å². The van der Waals surface area contributed by atoms with Crippen LogP contribution in [0.3, 0.4) is 0 Å². The van der Waals surface area contributed by atoms with Crippen LogP contribution in [-0.4, -0.2) is 43.2 Å². The Hall–Kier alpha value is -1.48. The van der Waals surface area contributed by atoms with Crippen molar-refractivity contribution >= 4 is 0 Å². The number of methoxy groups -OCH3 is 1. The second kappa shape index (κ2) is 5.62. The average molecular weight is 329 g/mol. The van der Waals surface area contributed by atoms with Crippen LogP contribution >= 0.6 is 0 Å². The Morgan fingerprint density at radius 1 is 1.05 bits per heavy atom. The summed E-state index contributed by atoms with van der Waals surface area (Å²) in [5.74, 6) is -0.374. The normalized spacial score (nSPS) is 18.9. The molecule has 0 amide bonds. The lowest BCUT2D eigenvalue weighted by Gasteiger charge is -2.49. The first-order valence-corrected chi connectivity index (χ1v) is 6.24. The molecule has 1 aliphatic rings. The van der Waals surface area contributed by atoms with Crippen molar-refractivity contribution in [1.29, 1.82) is 0 Å². The molecule has 2 rings (SSSR count). The number of likely N-dealkylation sites (tertiary alicyclic amines) is 1. The maximum absolute atomic E-state index is 12.8.